The van der Waals surface area contributed by atoms with Crippen LogP contribution in [0.1, 0.15) is 37.0 Å². The number of nitrogens with two attached hydrogens (primary N) is 1. The van der Waals surface area contributed by atoms with Gasteiger partial charge in [-0.15, -0.1) is 0 Å². The molecule has 2 N–H and O–H groups in total. The third-order valence-electron chi connectivity index (χ3n) is 3.24. The van der Waals surface area contributed by atoms with Crippen molar-refractivity contribution in [3.63, 3.8) is 0 Å². The van der Waals surface area contributed by atoms with Crippen molar-refractivity contribution in [2.45, 2.75) is 38.9 Å². The summed E-state index contributed by atoms with van der Waals surface area (Å²) in [5.74, 6) is -1.62. The number of carbonyl (C=O) groups excluding carboxylic acids is 1. The molecule has 0 saturated carbocycles. The third-order valence-corrected chi connectivity index (χ3v) is 3.24. The largest absolute Gasteiger partial charge is 0.406 e. The molecule has 0 aliphatic rings. The minimum absolute atomic E-state index is 0.0421. The Hall–Kier alpha value is -1.79. The second-order valence-corrected chi connectivity index (χ2v) is 4.75. The van der Waals surface area contributed by atoms with E-state index in [1.54, 1.807) is 13.8 Å². The zero-order valence-corrected chi connectivity index (χ0v) is 11.9. The lowest BCUT2D eigenvalue weighted by molar-refractivity contribution is -0.144. The van der Waals surface area contributed by atoms with E-state index >= 15 is 0 Å². The highest BCUT2D eigenvalue weighted by Crippen LogP contribution is 2.24. The van der Waals surface area contributed by atoms with Crippen molar-refractivity contribution >= 4 is 11.6 Å². The van der Waals surface area contributed by atoms with Crippen molar-refractivity contribution in [1.82, 2.24) is 4.90 Å². The molecular weight excluding hydrogens is 288 g/mol. The Kier molecular flexibility index (Phi) is 5.57. The first kappa shape index (κ1) is 17.3. The summed E-state index contributed by atoms with van der Waals surface area (Å²) < 4.78 is 51.3. The fourth-order valence-electron chi connectivity index (χ4n) is 2.16. The topological polar surface area (TPSA) is 46.3 Å². The number of benzene rings is 1. The molecule has 21 heavy (non-hydrogen) atoms. The van der Waals surface area contributed by atoms with Gasteiger partial charge in [0.1, 0.15) is 12.4 Å². The molecule has 7 heteroatoms. The van der Waals surface area contributed by atoms with Crippen LogP contribution in [0.4, 0.5) is 23.2 Å². The summed E-state index contributed by atoms with van der Waals surface area (Å²) in [5.41, 5.74) is 5.29. The van der Waals surface area contributed by atoms with Crippen molar-refractivity contribution in [2.75, 3.05) is 12.3 Å². The summed E-state index contributed by atoms with van der Waals surface area (Å²) in [6, 6.07) is 2.50. The molecule has 0 spiro atoms. The Morgan fingerprint density at radius 2 is 1.86 bits per heavy atom. The zero-order valence-electron chi connectivity index (χ0n) is 11.9. The van der Waals surface area contributed by atoms with Gasteiger partial charge in [0.15, 0.2) is 0 Å². The van der Waals surface area contributed by atoms with Crippen LogP contribution in [0.5, 0.6) is 0 Å². The molecule has 0 aliphatic carbocycles. The second-order valence-electron chi connectivity index (χ2n) is 4.75. The Labute approximate surface area is 120 Å². The normalized spacial score (nSPS) is 11.8. The van der Waals surface area contributed by atoms with Crippen molar-refractivity contribution in [2.24, 2.45) is 0 Å². The SMILES string of the molecule is CCC(CC)N(CC(F)(F)F)C(=O)c1cc(F)ccc1N. The van der Waals surface area contributed by atoms with Crippen LogP contribution in [0.3, 0.4) is 0 Å². The van der Waals surface area contributed by atoms with Crippen LogP contribution in [-0.2, 0) is 0 Å². The maximum Gasteiger partial charge on any atom is 0.406 e. The van der Waals surface area contributed by atoms with Gasteiger partial charge in [0.2, 0.25) is 0 Å². The van der Waals surface area contributed by atoms with Crippen LogP contribution in [0.2, 0.25) is 0 Å². The summed E-state index contributed by atoms with van der Waals surface area (Å²) in [4.78, 5) is 13.0. The van der Waals surface area contributed by atoms with Crippen molar-refractivity contribution in [1.29, 1.82) is 0 Å². The number of anilines is 1. The predicted molar refractivity (Wildman–Crippen MR) is 72.3 cm³/mol. The number of carbonyl (C=O) groups is 1. The zero-order chi connectivity index (χ0) is 16.2. The molecule has 0 radical (unpaired) electrons. The average Bonchev–Trinajstić information content (AvgIpc) is 2.39. The lowest BCUT2D eigenvalue weighted by Crippen LogP contribution is -2.45. The Bertz CT molecular complexity index is 498. The monoisotopic (exact) mass is 306 g/mol. The smallest absolute Gasteiger partial charge is 0.398 e. The number of rotatable bonds is 5. The molecule has 3 nitrogen and oxygen atoms in total. The number of nitrogen functional groups attached to an aromatic ring is 1. The van der Waals surface area contributed by atoms with Gasteiger partial charge in [-0.25, -0.2) is 4.39 Å². The highest BCUT2D eigenvalue weighted by Gasteiger charge is 2.36. The fourth-order valence-corrected chi connectivity index (χ4v) is 2.16. The van der Waals surface area contributed by atoms with Crippen molar-refractivity contribution in [3.8, 4) is 0 Å². The Morgan fingerprint density at radius 3 is 2.33 bits per heavy atom. The molecule has 0 heterocycles. The predicted octanol–water partition coefficient (Wildman–Crippen LogP) is 3.60. The van der Waals surface area contributed by atoms with Crippen LogP contribution in [0.15, 0.2) is 18.2 Å². The van der Waals surface area contributed by atoms with E-state index in [4.69, 9.17) is 5.73 Å². The lowest BCUT2D eigenvalue weighted by atomic mass is 10.1. The number of hydrogen-bond donors (Lipinski definition) is 1. The van der Waals surface area contributed by atoms with E-state index in [0.717, 1.165) is 12.1 Å². The van der Waals surface area contributed by atoms with E-state index in [1.165, 1.54) is 6.07 Å². The molecule has 1 aromatic rings. The van der Waals surface area contributed by atoms with Gasteiger partial charge in [0.25, 0.3) is 5.91 Å². The highest BCUT2D eigenvalue weighted by molar-refractivity contribution is 5.99. The first-order valence-corrected chi connectivity index (χ1v) is 6.62. The van der Waals surface area contributed by atoms with Gasteiger partial charge in [0, 0.05) is 11.7 Å². The lowest BCUT2D eigenvalue weighted by Gasteiger charge is -2.31. The summed E-state index contributed by atoms with van der Waals surface area (Å²) >= 11 is 0. The van der Waals surface area contributed by atoms with Crippen LogP contribution in [-0.4, -0.2) is 29.6 Å². The minimum atomic E-state index is -4.53. The third kappa shape index (κ3) is 4.61. The number of alkyl halides is 3. The second kappa shape index (κ2) is 6.78. The Balaban J connectivity index is 3.18. The molecule has 1 amide bonds. The van der Waals surface area contributed by atoms with Gasteiger partial charge in [-0.2, -0.15) is 13.2 Å². The Morgan fingerprint density at radius 1 is 1.29 bits per heavy atom. The van der Waals surface area contributed by atoms with Gasteiger partial charge < -0.3 is 10.6 Å². The molecule has 118 valence electrons. The number of hydrogen-bond acceptors (Lipinski definition) is 2. The summed E-state index contributed by atoms with van der Waals surface area (Å²) in [6.07, 6.45) is -3.79. The van der Waals surface area contributed by atoms with Crippen molar-refractivity contribution in [3.05, 3.63) is 29.6 Å². The molecule has 0 aromatic heterocycles. The number of halogens is 4. The fraction of sp³-hybridized carbons (Fsp3) is 0.500. The quantitative estimate of drug-likeness (QED) is 0.667. The molecule has 0 saturated heterocycles. The van der Waals surface area contributed by atoms with Crippen molar-refractivity contribution < 1.29 is 22.4 Å². The first-order chi connectivity index (χ1) is 9.69. The van der Waals surface area contributed by atoms with E-state index in [0.29, 0.717) is 17.7 Å². The molecule has 1 rings (SSSR count). The maximum atomic E-state index is 13.2. The average molecular weight is 306 g/mol. The van der Waals surface area contributed by atoms with Gasteiger partial charge in [-0.05, 0) is 31.0 Å². The van der Waals surface area contributed by atoms with Crippen LogP contribution < -0.4 is 5.73 Å². The number of amides is 1. The number of nitrogens with zero attached hydrogens (tertiary/aromatic N) is 1. The van der Waals surface area contributed by atoms with Gasteiger partial charge in [-0.1, -0.05) is 13.8 Å². The summed E-state index contributed by atoms with van der Waals surface area (Å²) in [6.45, 7) is 2.01. The summed E-state index contributed by atoms with van der Waals surface area (Å²) in [5, 5.41) is 0. The molecule has 0 unspecified atom stereocenters. The van der Waals surface area contributed by atoms with E-state index in [9.17, 15) is 22.4 Å². The van der Waals surface area contributed by atoms with Crippen LogP contribution >= 0.6 is 0 Å². The molecule has 0 aliphatic heterocycles. The first-order valence-electron chi connectivity index (χ1n) is 6.62. The van der Waals surface area contributed by atoms with Crippen LogP contribution in [0.25, 0.3) is 0 Å². The summed E-state index contributed by atoms with van der Waals surface area (Å²) in [7, 11) is 0. The minimum Gasteiger partial charge on any atom is -0.398 e. The molecule has 0 fully saturated rings. The van der Waals surface area contributed by atoms with Gasteiger partial charge in [-0.3, -0.25) is 4.79 Å². The van der Waals surface area contributed by atoms with E-state index in [1.807, 2.05) is 0 Å². The molecule has 0 bridgehead atoms. The highest BCUT2D eigenvalue weighted by atomic mass is 19.4. The molecule has 1 aromatic carbocycles. The standard InChI is InChI=1S/C14H18F4N2O/c1-3-10(4-2)20(8-14(16,17)18)13(21)11-7-9(15)5-6-12(11)19/h5-7,10H,3-4,8,19H2,1-2H3. The van der Waals surface area contributed by atoms with E-state index < -0.39 is 30.5 Å². The van der Waals surface area contributed by atoms with E-state index in [2.05, 4.69) is 0 Å². The van der Waals surface area contributed by atoms with Crippen LogP contribution in [0, 0.1) is 5.82 Å². The van der Waals surface area contributed by atoms with Gasteiger partial charge >= 0.3 is 6.18 Å². The molecular formula is C14H18F4N2O. The van der Waals surface area contributed by atoms with Gasteiger partial charge in [0.05, 0.1) is 5.56 Å². The maximum absolute atomic E-state index is 13.2. The van der Waals surface area contributed by atoms with E-state index in [-0.39, 0.29) is 11.3 Å². The molecule has 0 atom stereocenters.